The minimum atomic E-state index is -0.530. The average molecular weight is 262 g/mol. The molecule has 1 aromatic carbocycles. The summed E-state index contributed by atoms with van der Waals surface area (Å²) in [5, 5.41) is 2.73. The lowest BCUT2D eigenvalue weighted by atomic mass is 10.0. The number of nitrogens with zero attached hydrogens (tertiary/aromatic N) is 1. The van der Waals surface area contributed by atoms with Crippen LogP contribution in [0.25, 0.3) is 0 Å². The Labute approximate surface area is 112 Å². The number of fused-ring (bicyclic) bond motifs is 1. The predicted octanol–water partition coefficient (Wildman–Crippen LogP) is 1.60. The molecule has 0 fully saturated rings. The molecule has 0 spiro atoms. The number of ketones is 1. The van der Waals surface area contributed by atoms with Crippen molar-refractivity contribution in [2.75, 3.05) is 20.7 Å². The number of amides is 2. The predicted molar refractivity (Wildman–Crippen MR) is 71.6 cm³/mol. The monoisotopic (exact) mass is 262 g/mol. The molecule has 1 atom stereocenters. The fraction of sp³-hybridized carbons (Fsp3) is 0.429. The van der Waals surface area contributed by atoms with Gasteiger partial charge in [0.25, 0.3) is 0 Å². The Morgan fingerprint density at radius 1 is 1.42 bits per heavy atom. The van der Waals surface area contributed by atoms with E-state index in [1.165, 1.54) is 4.90 Å². The first-order chi connectivity index (χ1) is 8.99. The molecule has 1 unspecified atom stereocenters. The minimum absolute atomic E-state index is 0.0913. The van der Waals surface area contributed by atoms with E-state index in [9.17, 15) is 9.59 Å². The molecule has 0 aliphatic carbocycles. The molecule has 0 radical (unpaired) electrons. The van der Waals surface area contributed by atoms with E-state index in [-0.39, 0.29) is 11.8 Å². The molecular formula is C14H18N2O3. The van der Waals surface area contributed by atoms with Crippen LogP contribution in [0.3, 0.4) is 0 Å². The van der Waals surface area contributed by atoms with E-state index in [2.05, 4.69) is 5.32 Å². The van der Waals surface area contributed by atoms with Crippen molar-refractivity contribution in [1.82, 2.24) is 10.2 Å². The summed E-state index contributed by atoms with van der Waals surface area (Å²) in [6.07, 6.45) is 0.478. The Morgan fingerprint density at radius 2 is 2.16 bits per heavy atom. The SMILES string of the molecule is Cc1ccc2c(c1)C(=O)C(NC(=O)N(C)C)CCO2. The Morgan fingerprint density at radius 3 is 2.84 bits per heavy atom. The standard InChI is InChI=1S/C14H18N2O3/c1-9-4-5-12-10(8-9)13(17)11(6-7-19-12)15-14(18)16(2)3/h4-5,8,11H,6-7H2,1-3H3,(H,15,18). The van der Waals surface area contributed by atoms with Crippen LogP contribution in [-0.4, -0.2) is 43.5 Å². The summed E-state index contributed by atoms with van der Waals surface area (Å²) in [6, 6.07) is 4.72. The zero-order valence-electron chi connectivity index (χ0n) is 11.4. The van der Waals surface area contributed by atoms with Crippen molar-refractivity contribution in [3.8, 4) is 5.75 Å². The van der Waals surface area contributed by atoms with Gasteiger partial charge in [-0.2, -0.15) is 0 Å². The zero-order valence-corrected chi connectivity index (χ0v) is 11.4. The van der Waals surface area contributed by atoms with Crippen LogP contribution >= 0.6 is 0 Å². The highest BCUT2D eigenvalue weighted by molar-refractivity contribution is 6.04. The van der Waals surface area contributed by atoms with Gasteiger partial charge in [0, 0.05) is 20.5 Å². The third-order valence-corrected chi connectivity index (χ3v) is 3.08. The van der Waals surface area contributed by atoms with E-state index in [1.54, 1.807) is 26.2 Å². The van der Waals surface area contributed by atoms with Crippen molar-refractivity contribution in [3.05, 3.63) is 29.3 Å². The van der Waals surface area contributed by atoms with Crippen molar-refractivity contribution in [3.63, 3.8) is 0 Å². The van der Waals surface area contributed by atoms with Crippen molar-refractivity contribution in [2.45, 2.75) is 19.4 Å². The van der Waals surface area contributed by atoms with Crippen LogP contribution in [0.5, 0.6) is 5.75 Å². The van der Waals surface area contributed by atoms with Gasteiger partial charge in [-0.05, 0) is 19.1 Å². The Kier molecular flexibility index (Phi) is 3.74. The van der Waals surface area contributed by atoms with Gasteiger partial charge in [0.05, 0.1) is 18.2 Å². The Hall–Kier alpha value is -2.04. The van der Waals surface area contributed by atoms with Crippen molar-refractivity contribution < 1.29 is 14.3 Å². The molecular weight excluding hydrogens is 244 g/mol. The summed E-state index contributed by atoms with van der Waals surface area (Å²) in [4.78, 5) is 25.5. The van der Waals surface area contributed by atoms with Gasteiger partial charge in [-0.25, -0.2) is 4.79 Å². The maximum absolute atomic E-state index is 12.4. The summed E-state index contributed by atoms with van der Waals surface area (Å²) >= 11 is 0. The number of carbonyl (C=O) groups is 2. The molecule has 5 heteroatoms. The molecule has 0 aromatic heterocycles. The van der Waals surface area contributed by atoms with Gasteiger partial charge in [0.2, 0.25) is 0 Å². The second kappa shape index (κ2) is 5.30. The molecule has 1 aliphatic heterocycles. The highest BCUT2D eigenvalue weighted by Crippen LogP contribution is 2.25. The normalized spacial score (nSPS) is 18.1. The molecule has 1 aliphatic rings. The molecule has 5 nitrogen and oxygen atoms in total. The van der Waals surface area contributed by atoms with Gasteiger partial charge in [-0.15, -0.1) is 0 Å². The number of carbonyl (C=O) groups excluding carboxylic acids is 2. The lowest BCUT2D eigenvalue weighted by Crippen LogP contribution is -2.45. The van der Waals surface area contributed by atoms with Crippen LogP contribution in [0.15, 0.2) is 18.2 Å². The second-order valence-electron chi connectivity index (χ2n) is 4.90. The molecule has 2 rings (SSSR count). The lowest BCUT2D eigenvalue weighted by molar-refractivity contribution is 0.0940. The first-order valence-corrected chi connectivity index (χ1v) is 6.24. The number of ether oxygens (including phenoxy) is 1. The van der Waals surface area contributed by atoms with Gasteiger partial charge in [0.15, 0.2) is 5.78 Å². The van der Waals surface area contributed by atoms with Crippen molar-refractivity contribution in [1.29, 1.82) is 0 Å². The van der Waals surface area contributed by atoms with Gasteiger partial charge >= 0.3 is 6.03 Å². The van der Waals surface area contributed by atoms with Crippen LogP contribution in [0.1, 0.15) is 22.3 Å². The average Bonchev–Trinajstić information content (AvgIpc) is 2.51. The molecule has 102 valence electrons. The van der Waals surface area contributed by atoms with E-state index >= 15 is 0 Å². The van der Waals surface area contributed by atoms with Gasteiger partial charge in [-0.3, -0.25) is 4.79 Å². The van der Waals surface area contributed by atoms with Gasteiger partial charge < -0.3 is 15.0 Å². The molecule has 1 aromatic rings. The maximum Gasteiger partial charge on any atom is 0.317 e. The molecule has 19 heavy (non-hydrogen) atoms. The number of hydrogen-bond donors (Lipinski definition) is 1. The summed E-state index contributed by atoms with van der Waals surface area (Å²) in [5.74, 6) is 0.503. The van der Waals surface area contributed by atoms with Crippen LogP contribution in [0.4, 0.5) is 4.79 Å². The smallest absolute Gasteiger partial charge is 0.317 e. The molecule has 1 heterocycles. The van der Waals surface area contributed by atoms with E-state index < -0.39 is 6.04 Å². The van der Waals surface area contributed by atoms with E-state index in [0.717, 1.165) is 5.56 Å². The first kappa shape index (κ1) is 13.4. The molecule has 0 saturated carbocycles. The van der Waals surface area contributed by atoms with Gasteiger partial charge in [-0.1, -0.05) is 11.6 Å². The molecule has 0 bridgehead atoms. The van der Waals surface area contributed by atoms with Crippen LogP contribution < -0.4 is 10.1 Å². The number of rotatable bonds is 1. The summed E-state index contributed by atoms with van der Waals surface area (Å²) in [6.45, 7) is 2.34. The maximum atomic E-state index is 12.4. The highest BCUT2D eigenvalue weighted by Gasteiger charge is 2.28. The topological polar surface area (TPSA) is 58.6 Å². The first-order valence-electron chi connectivity index (χ1n) is 6.24. The number of aryl methyl sites for hydroxylation is 1. The van der Waals surface area contributed by atoms with Crippen LogP contribution in [0, 0.1) is 6.92 Å². The van der Waals surface area contributed by atoms with Crippen molar-refractivity contribution in [2.24, 2.45) is 0 Å². The molecule has 2 amide bonds. The second-order valence-corrected chi connectivity index (χ2v) is 4.90. The number of hydrogen-bond acceptors (Lipinski definition) is 3. The summed E-state index contributed by atoms with van der Waals surface area (Å²) < 4.78 is 5.56. The third kappa shape index (κ3) is 2.86. The van der Waals surface area contributed by atoms with Crippen molar-refractivity contribution >= 4 is 11.8 Å². The molecule has 1 N–H and O–H groups in total. The number of nitrogens with one attached hydrogen (secondary N) is 1. The van der Waals surface area contributed by atoms with E-state index in [0.29, 0.717) is 24.3 Å². The quantitative estimate of drug-likeness (QED) is 0.836. The Bertz CT molecular complexity index is 511. The highest BCUT2D eigenvalue weighted by atomic mass is 16.5. The zero-order chi connectivity index (χ0) is 14.0. The fourth-order valence-electron chi connectivity index (χ4n) is 1.98. The largest absolute Gasteiger partial charge is 0.493 e. The molecule has 0 saturated heterocycles. The Balaban J connectivity index is 2.25. The minimum Gasteiger partial charge on any atom is -0.493 e. The number of benzene rings is 1. The summed E-state index contributed by atoms with van der Waals surface area (Å²) in [7, 11) is 3.29. The van der Waals surface area contributed by atoms with Crippen LogP contribution in [-0.2, 0) is 0 Å². The van der Waals surface area contributed by atoms with Crippen LogP contribution in [0.2, 0.25) is 0 Å². The summed E-state index contributed by atoms with van der Waals surface area (Å²) in [5.41, 5.74) is 1.54. The lowest BCUT2D eigenvalue weighted by Gasteiger charge is -2.18. The van der Waals surface area contributed by atoms with E-state index in [4.69, 9.17) is 4.74 Å². The number of Topliss-reactive ketones (excluding diaryl/α,β-unsaturated/α-hetero) is 1. The third-order valence-electron chi connectivity index (χ3n) is 3.08. The number of urea groups is 1. The fourth-order valence-corrected chi connectivity index (χ4v) is 1.98. The van der Waals surface area contributed by atoms with Gasteiger partial charge in [0.1, 0.15) is 5.75 Å². The van der Waals surface area contributed by atoms with E-state index in [1.807, 2.05) is 13.0 Å².